The van der Waals surface area contributed by atoms with Crippen molar-refractivity contribution >= 4 is 5.97 Å². The molecule has 0 fully saturated rings. The highest BCUT2D eigenvalue weighted by Crippen LogP contribution is 2.03. The fourth-order valence-electron chi connectivity index (χ4n) is 1.09. The molecule has 0 unspecified atom stereocenters. The van der Waals surface area contributed by atoms with E-state index < -0.39 is 12.1 Å². The summed E-state index contributed by atoms with van der Waals surface area (Å²) in [6, 6.07) is 0. The molecule has 1 atom stereocenters. The van der Waals surface area contributed by atoms with Crippen LogP contribution < -0.4 is 0 Å². The highest BCUT2D eigenvalue weighted by Gasteiger charge is 2.15. The maximum Gasteiger partial charge on any atom is 0.332 e. The van der Waals surface area contributed by atoms with Crippen LogP contribution in [0.4, 0.5) is 0 Å². The molecule has 0 spiro atoms. The first-order valence-electron chi connectivity index (χ1n) is 4.05. The van der Waals surface area contributed by atoms with Gasteiger partial charge in [-0.1, -0.05) is 0 Å². The fourth-order valence-corrected chi connectivity index (χ4v) is 1.09. The van der Waals surface area contributed by atoms with Crippen molar-refractivity contribution in [2.24, 2.45) is 0 Å². The van der Waals surface area contributed by atoms with Crippen molar-refractivity contribution < 1.29 is 15.0 Å². The second-order valence-corrected chi connectivity index (χ2v) is 2.73. The van der Waals surface area contributed by atoms with Gasteiger partial charge in [0.05, 0.1) is 6.33 Å². The maximum atomic E-state index is 10.3. The average molecular weight is 184 g/mol. The van der Waals surface area contributed by atoms with E-state index in [4.69, 9.17) is 10.2 Å². The standard InChI is InChI=1S/C8H12N2O3/c1-2-10-5-9-4-6(10)3-7(11)8(12)13/h4-5,7,11H,2-3H2,1H3,(H,12,13)/t7-/m0/s1. The van der Waals surface area contributed by atoms with Crippen molar-refractivity contribution in [2.45, 2.75) is 26.0 Å². The van der Waals surface area contributed by atoms with Gasteiger partial charge in [-0.2, -0.15) is 0 Å². The van der Waals surface area contributed by atoms with Crippen LogP contribution >= 0.6 is 0 Å². The summed E-state index contributed by atoms with van der Waals surface area (Å²) >= 11 is 0. The van der Waals surface area contributed by atoms with Crippen LogP contribution in [0.25, 0.3) is 0 Å². The lowest BCUT2D eigenvalue weighted by Crippen LogP contribution is -2.23. The number of aliphatic carboxylic acids is 1. The van der Waals surface area contributed by atoms with Crippen LogP contribution in [0.15, 0.2) is 12.5 Å². The van der Waals surface area contributed by atoms with Crippen molar-refractivity contribution in [1.82, 2.24) is 9.55 Å². The summed E-state index contributed by atoms with van der Waals surface area (Å²) in [6.07, 6.45) is 1.94. The Kier molecular flexibility index (Phi) is 3.02. The average Bonchev–Trinajstić information content (AvgIpc) is 2.51. The Labute approximate surface area is 75.6 Å². The second kappa shape index (κ2) is 4.04. The van der Waals surface area contributed by atoms with Crippen LogP contribution in [0.5, 0.6) is 0 Å². The Morgan fingerprint density at radius 2 is 2.46 bits per heavy atom. The van der Waals surface area contributed by atoms with Crippen LogP contribution in [-0.4, -0.2) is 31.8 Å². The molecule has 0 aromatic carbocycles. The quantitative estimate of drug-likeness (QED) is 0.684. The van der Waals surface area contributed by atoms with E-state index >= 15 is 0 Å². The predicted molar refractivity (Wildman–Crippen MR) is 45.2 cm³/mol. The van der Waals surface area contributed by atoms with Crippen LogP contribution in [0, 0.1) is 0 Å². The first-order valence-corrected chi connectivity index (χ1v) is 4.05. The van der Waals surface area contributed by atoms with Crippen molar-refractivity contribution in [3.05, 3.63) is 18.2 Å². The number of rotatable bonds is 4. The highest BCUT2D eigenvalue weighted by atomic mass is 16.4. The van der Waals surface area contributed by atoms with Gasteiger partial charge in [-0.3, -0.25) is 0 Å². The molecule has 0 saturated carbocycles. The van der Waals surface area contributed by atoms with Crippen molar-refractivity contribution in [1.29, 1.82) is 0 Å². The summed E-state index contributed by atoms with van der Waals surface area (Å²) in [5, 5.41) is 17.5. The summed E-state index contributed by atoms with van der Waals surface area (Å²) in [7, 11) is 0. The van der Waals surface area contributed by atoms with Crippen LogP contribution in [0.2, 0.25) is 0 Å². The van der Waals surface area contributed by atoms with Gasteiger partial charge >= 0.3 is 5.97 Å². The van der Waals surface area contributed by atoms with Gasteiger partial charge < -0.3 is 14.8 Å². The van der Waals surface area contributed by atoms with Crippen molar-refractivity contribution in [3.63, 3.8) is 0 Å². The highest BCUT2D eigenvalue weighted by molar-refractivity contribution is 5.72. The minimum absolute atomic E-state index is 0.100. The maximum absolute atomic E-state index is 10.3. The SMILES string of the molecule is CCn1cncc1C[C@H](O)C(=O)O. The number of imidazole rings is 1. The zero-order chi connectivity index (χ0) is 9.84. The Balaban J connectivity index is 2.68. The molecule has 0 aliphatic heterocycles. The Morgan fingerprint density at radius 3 is 3.00 bits per heavy atom. The van der Waals surface area contributed by atoms with Gasteiger partial charge in [0, 0.05) is 24.9 Å². The number of carbonyl (C=O) groups is 1. The number of aryl methyl sites for hydroxylation is 1. The molecule has 0 saturated heterocycles. The van der Waals surface area contributed by atoms with Crippen LogP contribution in [0.3, 0.4) is 0 Å². The van der Waals surface area contributed by atoms with Gasteiger partial charge in [0.15, 0.2) is 6.10 Å². The summed E-state index contributed by atoms with van der Waals surface area (Å²) in [5.74, 6) is -1.20. The molecule has 2 N–H and O–H groups in total. The first-order chi connectivity index (χ1) is 6.15. The summed E-state index contributed by atoms with van der Waals surface area (Å²) in [5.41, 5.74) is 0.734. The van der Waals surface area contributed by atoms with Crippen LogP contribution in [0.1, 0.15) is 12.6 Å². The molecule has 5 heteroatoms. The summed E-state index contributed by atoms with van der Waals surface area (Å²) < 4.78 is 1.80. The molecular formula is C8H12N2O3. The van der Waals surface area contributed by atoms with E-state index in [0.29, 0.717) is 0 Å². The minimum atomic E-state index is -1.35. The van der Waals surface area contributed by atoms with Crippen LogP contribution in [-0.2, 0) is 17.8 Å². The zero-order valence-electron chi connectivity index (χ0n) is 7.34. The number of aromatic nitrogens is 2. The largest absolute Gasteiger partial charge is 0.479 e. The monoisotopic (exact) mass is 184 g/mol. The van der Waals surface area contributed by atoms with E-state index in [9.17, 15) is 4.79 Å². The Morgan fingerprint density at radius 1 is 1.77 bits per heavy atom. The predicted octanol–water partition coefficient (Wildman–Crippen LogP) is -0.109. The summed E-state index contributed by atoms with van der Waals surface area (Å²) in [6.45, 7) is 2.65. The third-order valence-electron chi connectivity index (χ3n) is 1.83. The molecule has 0 aliphatic rings. The Hall–Kier alpha value is -1.36. The molecular weight excluding hydrogens is 172 g/mol. The fraction of sp³-hybridized carbons (Fsp3) is 0.500. The molecule has 5 nitrogen and oxygen atoms in total. The van der Waals surface area contributed by atoms with E-state index in [1.807, 2.05) is 6.92 Å². The van der Waals surface area contributed by atoms with Gasteiger partial charge in [-0.05, 0) is 6.92 Å². The van der Waals surface area contributed by atoms with E-state index in [2.05, 4.69) is 4.98 Å². The van der Waals surface area contributed by atoms with E-state index in [1.165, 1.54) is 0 Å². The Bertz CT molecular complexity index is 295. The molecule has 0 aliphatic carbocycles. The number of aliphatic hydroxyl groups excluding tert-OH is 1. The molecule has 72 valence electrons. The molecule has 13 heavy (non-hydrogen) atoms. The number of carboxylic acid groups (broad SMARTS) is 1. The third-order valence-corrected chi connectivity index (χ3v) is 1.83. The lowest BCUT2D eigenvalue weighted by Gasteiger charge is -2.06. The lowest BCUT2D eigenvalue weighted by molar-refractivity contribution is -0.146. The number of hydrogen-bond acceptors (Lipinski definition) is 3. The van der Waals surface area contributed by atoms with Gasteiger partial charge in [0.1, 0.15) is 0 Å². The van der Waals surface area contributed by atoms with Gasteiger partial charge in [0.25, 0.3) is 0 Å². The molecule has 0 radical (unpaired) electrons. The molecule has 1 heterocycles. The van der Waals surface area contributed by atoms with Gasteiger partial charge in [-0.25, -0.2) is 9.78 Å². The minimum Gasteiger partial charge on any atom is -0.479 e. The molecule has 1 rings (SSSR count). The number of carboxylic acids is 1. The lowest BCUT2D eigenvalue weighted by atomic mass is 10.2. The van der Waals surface area contributed by atoms with Crippen molar-refractivity contribution in [3.8, 4) is 0 Å². The zero-order valence-corrected chi connectivity index (χ0v) is 7.34. The smallest absolute Gasteiger partial charge is 0.332 e. The van der Waals surface area contributed by atoms with E-state index in [-0.39, 0.29) is 6.42 Å². The normalized spacial score (nSPS) is 12.8. The summed E-state index contributed by atoms with van der Waals surface area (Å²) in [4.78, 5) is 14.2. The second-order valence-electron chi connectivity index (χ2n) is 2.73. The molecule has 1 aromatic heterocycles. The van der Waals surface area contributed by atoms with E-state index in [1.54, 1.807) is 17.1 Å². The van der Waals surface area contributed by atoms with E-state index in [0.717, 1.165) is 12.2 Å². The van der Waals surface area contributed by atoms with Gasteiger partial charge in [-0.15, -0.1) is 0 Å². The van der Waals surface area contributed by atoms with Crippen molar-refractivity contribution in [2.75, 3.05) is 0 Å². The molecule has 0 amide bonds. The topological polar surface area (TPSA) is 75.3 Å². The number of aliphatic hydroxyl groups is 1. The number of hydrogen-bond donors (Lipinski definition) is 2. The van der Waals surface area contributed by atoms with Gasteiger partial charge in [0.2, 0.25) is 0 Å². The first kappa shape index (κ1) is 9.73. The molecule has 1 aromatic rings. The number of nitrogens with zero attached hydrogens (tertiary/aromatic N) is 2. The third kappa shape index (κ3) is 2.29. The molecule has 0 bridgehead atoms.